The Morgan fingerprint density at radius 2 is 0.526 bits per heavy atom. The summed E-state index contributed by atoms with van der Waals surface area (Å²) in [5.74, 6) is -1.02. The summed E-state index contributed by atoms with van der Waals surface area (Å²) in [5, 5.41) is 0. The molecular formula is C72H114O6. The second-order valence-corrected chi connectivity index (χ2v) is 20.2. The average Bonchev–Trinajstić information content (AvgIpc) is 3.44. The molecule has 0 spiro atoms. The molecule has 0 aliphatic heterocycles. The van der Waals surface area contributed by atoms with Gasteiger partial charge in [-0.05, 0) is 116 Å². The number of allylic oxidation sites excluding steroid dienone is 26. The molecule has 438 valence electrons. The van der Waals surface area contributed by atoms with Crippen molar-refractivity contribution in [3.05, 3.63) is 158 Å². The average molecular weight is 1080 g/mol. The highest BCUT2D eigenvalue weighted by atomic mass is 16.6. The third kappa shape index (κ3) is 61.9. The van der Waals surface area contributed by atoms with E-state index in [1.165, 1.54) is 70.6 Å². The van der Waals surface area contributed by atoms with E-state index in [1.807, 2.05) is 12.2 Å². The molecule has 0 aromatic rings. The Morgan fingerprint density at radius 3 is 0.859 bits per heavy atom. The number of hydrogen-bond donors (Lipinski definition) is 0. The van der Waals surface area contributed by atoms with E-state index < -0.39 is 6.10 Å². The van der Waals surface area contributed by atoms with Crippen LogP contribution in [0.4, 0.5) is 0 Å². The first kappa shape index (κ1) is 73.0. The third-order valence-corrected chi connectivity index (χ3v) is 12.8. The first-order valence-corrected chi connectivity index (χ1v) is 31.5. The Hall–Kier alpha value is -4.97. The zero-order chi connectivity index (χ0) is 56.4. The minimum atomic E-state index is -0.820. The molecule has 0 radical (unpaired) electrons. The summed E-state index contributed by atoms with van der Waals surface area (Å²) in [6.07, 6.45) is 94.1. The van der Waals surface area contributed by atoms with Gasteiger partial charge in [0, 0.05) is 19.3 Å². The standard InChI is InChI=1S/C72H114O6/c1-4-7-10-13-16-19-22-25-27-28-29-30-31-32-33-34-35-36-37-38-39-40-41-42-43-44-45-48-50-53-56-59-62-65-71(74)77-68-69(67-76-70(73)64-61-58-55-52-49-46-24-21-18-15-12-9-6-3)78-72(75)66-63-60-57-54-51-47-26-23-20-17-14-11-8-5-2/h7,9-10,12,16,18-19,21,25,27,29-30,32-33,35-36,38-39,41-42,44-46,49,55,58,69H,4-6,8,11,13-15,17,20,22-24,26,28,31,34,37,40,43,47-48,50-54,56-57,59-68H2,1-3H3/b10-7-,12-9-,19-16-,21-18-,27-25-,30-29-,33-32-,36-35-,39-38-,42-41-,45-44-,49-46-,58-55-. The quantitative estimate of drug-likeness (QED) is 0.0261. The predicted molar refractivity (Wildman–Crippen MR) is 338 cm³/mol. The molecule has 0 aromatic carbocycles. The summed E-state index contributed by atoms with van der Waals surface area (Å²) >= 11 is 0. The van der Waals surface area contributed by atoms with Gasteiger partial charge in [0.15, 0.2) is 6.10 Å². The van der Waals surface area contributed by atoms with Crippen molar-refractivity contribution in [2.75, 3.05) is 13.2 Å². The van der Waals surface area contributed by atoms with Crippen LogP contribution in [0, 0.1) is 0 Å². The molecule has 0 aromatic heterocycles. The molecule has 0 heterocycles. The fourth-order valence-electron chi connectivity index (χ4n) is 8.15. The smallest absolute Gasteiger partial charge is 0.306 e. The molecule has 0 amide bonds. The van der Waals surface area contributed by atoms with Gasteiger partial charge in [-0.3, -0.25) is 14.4 Å². The fraction of sp³-hybridized carbons (Fsp3) is 0.597. The maximum atomic E-state index is 12.9. The van der Waals surface area contributed by atoms with Gasteiger partial charge in [0.1, 0.15) is 13.2 Å². The lowest BCUT2D eigenvalue weighted by Gasteiger charge is -2.18. The molecule has 0 saturated heterocycles. The predicted octanol–water partition coefficient (Wildman–Crippen LogP) is 21.7. The van der Waals surface area contributed by atoms with E-state index in [0.29, 0.717) is 19.3 Å². The monoisotopic (exact) mass is 1070 g/mol. The maximum absolute atomic E-state index is 12.9. The second kappa shape index (κ2) is 64.6. The van der Waals surface area contributed by atoms with Crippen molar-refractivity contribution >= 4 is 17.9 Å². The first-order valence-electron chi connectivity index (χ1n) is 31.5. The van der Waals surface area contributed by atoms with Crippen LogP contribution in [-0.4, -0.2) is 37.2 Å². The number of unbranched alkanes of at least 4 members (excludes halogenated alkanes) is 18. The minimum Gasteiger partial charge on any atom is -0.462 e. The van der Waals surface area contributed by atoms with E-state index in [-0.39, 0.29) is 37.5 Å². The van der Waals surface area contributed by atoms with Crippen molar-refractivity contribution < 1.29 is 28.6 Å². The highest BCUT2D eigenvalue weighted by Crippen LogP contribution is 2.15. The highest BCUT2D eigenvalue weighted by Gasteiger charge is 2.19. The van der Waals surface area contributed by atoms with Crippen LogP contribution < -0.4 is 0 Å². The number of hydrogen-bond acceptors (Lipinski definition) is 6. The largest absolute Gasteiger partial charge is 0.462 e. The molecule has 0 bridgehead atoms. The van der Waals surface area contributed by atoms with Gasteiger partial charge in [-0.25, -0.2) is 0 Å². The molecular weight excluding hydrogens is 961 g/mol. The van der Waals surface area contributed by atoms with Gasteiger partial charge in [-0.2, -0.15) is 0 Å². The van der Waals surface area contributed by atoms with Crippen molar-refractivity contribution in [3.63, 3.8) is 0 Å². The Morgan fingerprint density at radius 1 is 0.269 bits per heavy atom. The van der Waals surface area contributed by atoms with E-state index >= 15 is 0 Å². The summed E-state index contributed by atoms with van der Waals surface area (Å²) in [6, 6.07) is 0. The highest BCUT2D eigenvalue weighted by molar-refractivity contribution is 5.71. The van der Waals surface area contributed by atoms with Crippen molar-refractivity contribution in [3.8, 4) is 0 Å². The van der Waals surface area contributed by atoms with Crippen molar-refractivity contribution in [1.29, 1.82) is 0 Å². The summed E-state index contributed by atoms with van der Waals surface area (Å²) in [5.41, 5.74) is 0. The molecule has 0 aliphatic rings. The summed E-state index contributed by atoms with van der Waals surface area (Å²) < 4.78 is 16.8. The van der Waals surface area contributed by atoms with Crippen LogP contribution in [0.15, 0.2) is 158 Å². The Bertz CT molecular complexity index is 1760. The zero-order valence-electron chi connectivity index (χ0n) is 50.1. The number of carbonyl (C=O) groups excluding carboxylic acids is 3. The van der Waals surface area contributed by atoms with Crippen LogP contribution in [0.5, 0.6) is 0 Å². The summed E-state index contributed by atoms with van der Waals surface area (Å²) in [6.45, 7) is 6.32. The molecule has 1 atom stereocenters. The van der Waals surface area contributed by atoms with Crippen LogP contribution in [-0.2, 0) is 28.6 Å². The fourth-order valence-corrected chi connectivity index (χ4v) is 8.15. The number of rotatable bonds is 55. The SMILES string of the molecule is CC/C=C\C/C=C\C/C=C\C/C=C\C/C=C\C/C=C\C/C=C\C/C=C\C/C=C\CCCCCCCC(=O)OCC(COC(=O)CC/C=C\C/C=C\C/C=C\C/C=C\CC)OC(=O)CCCCCCCCCCCCCCCC. The van der Waals surface area contributed by atoms with Gasteiger partial charge in [0.25, 0.3) is 0 Å². The van der Waals surface area contributed by atoms with Crippen LogP contribution >= 0.6 is 0 Å². The lowest BCUT2D eigenvalue weighted by atomic mass is 10.0. The lowest BCUT2D eigenvalue weighted by Crippen LogP contribution is -2.30. The van der Waals surface area contributed by atoms with Gasteiger partial charge in [-0.1, -0.05) is 281 Å². The molecule has 1 unspecified atom stereocenters. The van der Waals surface area contributed by atoms with E-state index in [2.05, 4.69) is 167 Å². The summed E-state index contributed by atoms with van der Waals surface area (Å²) in [4.78, 5) is 38.2. The molecule has 0 aliphatic carbocycles. The molecule has 0 fully saturated rings. The maximum Gasteiger partial charge on any atom is 0.306 e. The molecule has 0 saturated carbocycles. The number of carbonyl (C=O) groups is 3. The van der Waals surface area contributed by atoms with Crippen LogP contribution in [0.2, 0.25) is 0 Å². The first-order chi connectivity index (χ1) is 38.5. The van der Waals surface area contributed by atoms with Crippen LogP contribution in [0.25, 0.3) is 0 Å². The van der Waals surface area contributed by atoms with E-state index in [1.54, 1.807) is 0 Å². The second-order valence-electron chi connectivity index (χ2n) is 20.2. The van der Waals surface area contributed by atoms with Crippen molar-refractivity contribution in [2.24, 2.45) is 0 Å². The molecule has 78 heavy (non-hydrogen) atoms. The molecule has 0 rings (SSSR count). The molecule has 6 heteroatoms. The van der Waals surface area contributed by atoms with E-state index in [0.717, 1.165) is 141 Å². The number of ether oxygens (including phenoxy) is 3. The normalized spacial score (nSPS) is 13.2. The molecule has 0 N–H and O–H groups in total. The van der Waals surface area contributed by atoms with Gasteiger partial charge in [-0.15, -0.1) is 0 Å². The minimum absolute atomic E-state index is 0.114. The van der Waals surface area contributed by atoms with Gasteiger partial charge in [0.05, 0.1) is 0 Å². The Balaban J connectivity index is 4.35. The summed E-state index contributed by atoms with van der Waals surface area (Å²) in [7, 11) is 0. The van der Waals surface area contributed by atoms with E-state index in [9.17, 15) is 14.4 Å². The topological polar surface area (TPSA) is 78.9 Å². The molecule has 6 nitrogen and oxygen atoms in total. The lowest BCUT2D eigenvalue weighted by molar-refractivity contribution is -0.166. The van der Waals surface area contributed by atoms with Crippen molar-refractivity contribution in [2.45, 2.75) is 264 Å². The van der Waals surface area contributed by atoms with Gasteiger partial charge in [0.2, 0.25) is 0 Å². The third-order valence-electron chi connectivity index (χ3n) is 12.8. The van der Waals surface area contributed by atoms with E-state index in [4.69, 9.17) is 14.2 Å². The van der Waals surface area contributed by atoms with Crippen LogP contribution in [0.3, 0.4) is 0 Å². The zero-order valence-corrected chi connectivity index (χ0v) is 50.1. The van der Waals surface area contributed by atoms with Gasteiger partial charge >= 0.3 is 17.9 Å². The van der Waals surface area contributed by atoms with Gasteiger partial charge < -0.3 is 14.2 Å². The van der Waals surface area contributed by atoms with Crippen molar-refractivity contribution in [1.82, 2.24) is 0 Å². The Kier molecular flexibility index (Phi) is 60.4. The van der Waals surface area contributed by atoms with Crippen LogP contribution in [0.1, 0.15) is 258 Å². The number of esters is 3. The Labute approximate surface area is 480 Å².